The van der Waals surface area contributed by atoms with E-state index < -0.39 is 30.6 Å². The summed E-state index contributed by atoms with van der Waals surface area (Å²) >= 11 is 0. The van der Waals surface area contributed by atoms with E-state index >= 15 is 0 Å². The van der Waals surface area contributed by atoms with E-state index in [1.54, 1.807) is 0 Å². The highest BCUT2D eigenvalue weighted by Gasteiger charge is 2.44. The minimum atomic E-state index is -1.04. The van der Waals surface area contributed by atoms with Gasteiger partial charge in [-0.25, -0.2) is 4.79 Å². The van der Waals surface area contributed by atoms with Crippen molar-refractivity contribution in [1.82, 2.24) is 5.32 Å². The molecule has 0 aromatic rings. The zero-order valence-corrected chi connectivity index (χ0v) is 7.71. The molecule has 1 aliphatic heterocycles. The number of ether oxygens (including phenoxy) is 2. The molecular weight excluding hydrogens is 192 g/mol. The number of hydrogen-bond donors (Lipinski definition) is 4. The standard InChI is InChI=1S/C7H14N2O5/c1-13-6-5(11)4(9-7(8)12)3(2-10)14-6/h3-6,10-11H,2H2,1H3,(H3,8,9,12)/t3-,4+,5+,6+/m0/s1. The summed E-state index contributed by atoms with van der Waals surface area (Å²) in [7, 11) is 1.36. The van der Waals surface area contributed by atoms with Crippen molar-refractivity contribution in [2.75, 3.05) is 13.7 Å². The monoisotopic (exact) mass is 206 g/mol. The second kappa shape index (κ2) is 4.56. The smallest absolute Gasteiger partial charge is 0.312 e. The summed E-state index contributed by atoms with van der Waals surface area (Å²) in [5.41, 5.74) is 4.90. The number of methoxy groups -OCH3 is 1. The molecule has 0 bridgehead atoms. The second-order valence-corrected chi connectivity index (χ2v) is 2.99. The maximum Gasteiger partial charge on any atom is 0.312 e. The van der Waals surface area contributed by atoms with Gasteiger partial charge in [0.15, 0.2) is 6.29 Å². The van der Waals surface area contributed by atoms with Gasteiger partial charge in [0.25, 0.3) is 0 Å². The lowest BCUT2D eigenvalue weighted by Crippen LogP contribution is -2.50. The molecule has 0 unspecified atom stereocenters. The number of rotatable bonds is 3. The second-order valence-electron chi connectivity index (χ2n) is 2.99. The lowest BCUT2D eigenvalue weighted by molar-refractivity contribution is -0.153. The molecule has 1 fully saturated rings. The Balaban J connectivity index is 2.64. The van der Waals surface area contributed by atoms with Crippen LogP contribution in [-0.2, 0) is 9.47 Å². The first-order valence-electron chi connectivity index (χ1n) is 4.13. The number of nitrogens with two attached hydrogens (primary N) is 1. The first-order valence-corrected chi connectivity index (χ1v) is 4.13. The average molecular weight is 206 g/mol. The molecular formula is C7H14N2O5. The van der Waals surface area contributed by atoms with Crippen LogP contribution < -0.4 is 11.1 Å². The summed E-state index contributed by atoms with van der Waals surface area (Å²) in [5.74, 6) is 0. The first-order chi connectivity index (χ1) is 6.60. The van der Waals surface area contributed by atoms with Crippen molar-refractivity contribution in [3.8, 4) is 0 Å². The summed E-state index contributed by atoms with van der Waals surface area (Å²) in [6.45, 7) is -0.331. The van der Waals surface area contributed by atoms with Gasteiger partial charge in [-0.2, -0.15) is 0 Å². The molecule has 4 atom stereocenters. The highest BCUT2D eigenvalue weighted by Crippen LogP contribution is 2.21. The molecule has 7 nitrogen and oxygen atoms in total. The summed E-state index contributed by atoms with van der Waals surface area (Å²) in [4.78, 5) is 10.6. The Kier molecular flexibility index (Phi) is 3.64. The van der Waals surface area contributed by atoms with Crippen LogP contribution in [-0.4, -0.2) is 54.5 Å². The van der Waals surface area contributed by atoms with Crippen molar-refractivity contribution in [3.05, 3.63) is 0 Å². The van der Waals surface area contributed by atoms with E-state index in [9.17, 15) is 9.90 Å². The fourth-order valence-electron chi connectivity index (χ4n) is 1.42. The van der Waals surface area contributed by atoms with Crippen LogP contribution in [0.25, 0.3) is 0 Å². The number of urea groups is 1. The van der Waals surface area contributed by atoms with E-state index in [-0.39, 0.29) is 6.61 Å². The summed E-state index contributed by atoms with van der Waals surface area (Å²) in [6.07, 6.45) is -2.60. The lowest BCUT2D eigenvalue weighted by atomic mass is 10.1. The Bertz CT molecular complexity index is 210. The average Bonchev–Trinajstić information content (AvgIpc) is 2.43. The molecule has 0 aromatic heterocycles. The van der Waals surface area contributed by atoms with E-state index in [0.29, 0.717) is 0 Å². The van der Waals surface area contributed by atoms with Crippen LogP contribution in [0.15, 0.2) is 0 Å². The number of amides is 2. The number of hydrogen-bond acceptors (Lipinski definition) is 5. The van der Waals surface area contributed by atoms with E-state index in [2.05, 4.69) is 5.32 Å². The van der Waals surface area contributed by atoms with E-state index in [4.69, 9.17) is 20.3 Å². The van der Waals surface area contributed by atoms with Crippen LogP contribution in [0.4, 0.5) is 4.79 Å². The molecule has 0 aliphatic carbocycles. The number of carbonyl (C=O) groups excluding carboxylic acids is 1. The Labute approximate surface area is 80.8 Å². The van der Waals surface area contributed by atoms with Gasteiger partial charge in [0.05, 0.1) is 12.6 Å². The van der Waals surface area contributed by atoms with Gasteiger partial charge in [-0.15, -0.1) is 0 Å². The SMILES string of the molecule is CO[C@@H]1O[C@@H](CO)[C@@H](NC(N)=O)[C@H]1O. The van der Waals surface area contributed by atoms with E-state index in [1.165, 1.54) is 7.11 Å². The summed E-state index contributed by atoms with van der Waals surface area (Å²) in [5, 5.41) is 20.7. The van der Waals surface area contributed by atoms with Crippen molar-refractivity contribution in [1.29, 1.82) is 0 Å². The summed E-state index contributed by atoms with van der Waals surface area (Å²) < 4.78 is 9.88. The molecule has 5 N–H and O–H groups in total. The number of aliphatic hydroxyl groups is 2. The molecule has 0 spiro atoms. The third kappa shape index (κ3) is 2.13. The minimum absolute atomic E-state index is 0.331. The van der Waals surface area contributed by atoms with Crippen molar-refractivity contribution in [3.63, 3.8) is 0 Å². The van der Waals surface area contributed by atoms with Gasteiger partial charge in [0.2, 0.25) is 0 Å². The summed E-state index contributed by atoms with van der Waals surface area (Å²) in [6, 6.07) is -1.53. The molecule has 1 rings (SSSR count). The number of primary amides is 1. The Hall–Kier alpha value is -0.890. The van der Waals surface area contributed by atoms with Gasteiger partial charge in [0.1, 0.15) is 12.2 Å². The maximum absolute atomic E-state index is 10.6. The minimum Gasteiger partial charge on any atom is -0.394 e. The highest BCUT2D eigenvalue weighted by molar-refractivity contribution is 5.72. The highest BCUT2D eigenvalue weighted by atomic mass is 16.7. The third-order valence-electron chi connectivity index (χ3n) is 2.08. The molecule has 7 heteroatoms. The van der Waals surface area contributed by atoms with E-state index in [0.717, 1.165) is 0 Å². The van der Waals surface area contributed by atoms with Crippen LogP contribution in [0, 0.1) is 0 Å². The predicted octanol–water partition coefficient (Wildman–Crippen LogP) is -2.25. The van der Waals surface area contributed by atoms with Gasteiger partial charge in [-0.3, -0.25) is 0 Å². The fourth-order valence-corrected chi connectivity index (χ4v) is 1.42. The Morgan fingerprint density at radius 2 is 2.36 bits per heavy atom. The van der Waals surface area contributed by atoms with Gasteiger partial charge in [-0.05, 0) is 0 Å². The molecule has 0 radical (unpaired) electrons. The fraction of sp³-hybridized carbons (Fsp3) is 0.857. The first kappa shape index (κ1) is 11.2. The molecule has 82 valence electrons. The van der Waals surface area contributed by atoms with Crippen molar-refractivity contribution < 1.29 is 24.5 Å². The van der Waals surface area contributed by atoms with Gasteiger partial charge >= 0.3 is 6.03 Å². The van der Waals surface area contributed by atoms with Crippen molar-refractivity contribution >= 4 is 6.03 Å². The molecule has 1 heterocycles. The topological polar surface area (TPSA) is 114 Å². The van der Waals surface area contributed by atoms with Crippen LogP contribution in [0.2, 0.25) is 0 Å². The van der Waals surface area contributed by atoms with Crippen LogP contribution in [0.3, 0.4) is 0 Å². The van der Waals surface area contributed by atoms with E-state index in [1.807, 2.05) is 0 Å². The molecule has 1 aliphatic rings. The number of nitrogens with one attached hydrogen (secondary N) is 1. The lowest BCUT2D eigenvalue weighted by Gasteiger charge is -2.18. The van der Waals surface area contributed by atoms with Crippen molar-refractivity contribution in [2.24, 2.45) is 5.73 Å². The predicted molar refractivity (Wildman–Crippen MR) is 45.3 cm³/mol. The van der Waals surface area contributed by atoms with Gasteiger partial charge < -0.3 is 30.7 Å². The maximum atomic E-state index is 10.6. The molecule has 2 amide bonds. The quantitative estimate of drug-likeness (QED) is 0.416. The zero-order valence-electron chi connectivity index (χ0n) is 7.71. The van der Waals surface area contributed by atoms with Crippen molar-refractivity contribution in [2.45, 2.75) is 24.5 Å². The normalized spacial score (nSPS) is 37.1. The zero-order chi connectivity index (χ0) is 10.7. The van der Waals surface area contributed by atoms with Crippen LogP contribution in [0.1, 0.15) is 0 Å². The molecule has 1 saturated heterocycles. The molecule has 14 heavy (non-hydrogen) atoms. The third-order valence-corrected chi connectivity index (χ3v) is 2.08. The van der Waals surface area contributed by atoms with Gasteiger partial charge in [-0.1, -0.05) is 0 Å². The van der Waals surface area contributed by atoms with Gasteiger partial charge in [0, 0.05) is 7.11 Å². The molecule has 0 saturated carbocycles. The Morgan fingerprint density at radius 3 is 2.79 bits per heavy atom. The number of carbonyl (C=O) groups is 1. The number of aliphatic hydroxyl groups excluding tert-OH is 2. The largest absolute Gasteiger partial charge is 0.394 e. The van der Waals surface area contributed by atoms with Crippen LogP contribution >= 0.6 is 0 Å². The Morgan fingerprint density at radius 1 is 1.71 bits per heavy atom. The molecule has 0 aromatic carbocycles. The van der Waals surface area contributed by atoms with Crippen LogP contribution in [0.5, 0.6) is 0 Å².